The van der Waals surface area contributed by atoms with Crippen LogP contribution in [-0.2, 0) is 4.79 Å². The first-order valence-electron chi connectivity index (χ1n) is 8.91. The van der Waals surface area contributed by atoms with Crippen LogP contribution in [0.25, 0.3) is 10.8 Å². The number of imide groups is 1. The normalized spacial score (nSPS) is 15.5. The number of carbonyl (C=O) groups is 2. The Morgan fingerprint density at radius 2 is 1.69 bits per heavy atom. The van der Waals surface area contributed by atoms with E-state index >= 15 is 0 Å². The van der Waals surface area contributed by atoms with E-state index in [2.05, 4.69) is 10.6 Å². The van der Waals surface area contributed by atoms with Crippen molar-refractivity contribution in [3.8, 4) is 11.5 Å². The Morgan fingerprint density at radius 3 is 2.38 bits per heavy atom. The summed E-state index contributed by atoms with van der Waals surface area (Å²) in [6.45, 7) is 1.62. The fraction of sp³-hybridized carbons (Fsp3) is 0.400. The molecule has 0 bridgehead atoms. The Labute approximate surface area is 152 Å². The summed E-state index contributed by atoms with van der Waals surface area (Å²) in [6, 6.07) is 11.0. The van der Waals surface area contributed by atoms with E-state index in [9.17, 15) is 9.59 Å². The first-order valence-corrected chi connectivity index (χ1v) is 8.91. The molecule has 0 heterocycles. The molecule has 3 rings (SSSR count). The van der Waals surface area contributed by atoms with Gasteiger partial charge < -0.3 is 14.8 Å². The van der Waals surface area contributed by atoms with E-state index in [1.54, 1.807) is 20.1 Å². The summed E-state index contributed by atoms with van der Waals surface area (Å²) in [4.78, 5) is 24.1. The van der Waals surface area contributed by atoms with Crippen LogP contribution in [0.5, 0.6) is 11.5 Å². The van der Waals surface area contributed by atoms with Gasteiger partial charge in [-0.3, -0.25) is 10.1 Å². The van der Waals surface area contributed by atoms with Crippen molar-refractivity contribution in [2.24, 2.45) is 0 Å². The van der Waals surface area contributed by atoms with Crippen LogP contribution < -0.4 is 20.1 Å². The molecule has 0 aliphatic heterocycles. The van der Waals surface area contributed by atoms with E-state index in [0.717, 1.165) is 42.2 Å². The Kier molecular flexibility index (Phi) is 5.61. The molecule has 0 saturated heterocycles. The maximum absolute atomic E-state index is 12.2. The number of hydrogen-bond acceptors (Lipinski definition) is 4. The number of urea groups is 1. The smallest absolute Gasteiger partial charge is 0.321 e. The van der Waals surface area contributed by atoms with Crippen LogP contribution in [0.3, 0.4) is 0 Å². The zero-order valence-electron chi connectivity index (χ0n) is 15.1. The van der Waals surface area contributed by atoms with Crippen molar-refractivity contribution in [1.29, 1.82) is 0 Å². The van der Waals surface area contributed by atoms with Crippen molar-refractivity contribution in [3.63, 3.8) is 0 Å². The number of ether oxygens (including phenoxy) is 2. The van der Waals surface area contributed by atoms with E-state index < -0.39 is 18.0 Å². The van der Waals surface area contributed by atoms with Crippen LogP contribution in [0.4, 0.5) is 4.79 Å². The average molecular weight is 356 g/mol. The Hall–Kier alpha value is -2.76. The molecular formula is C20H24N2O4. The molecule has 1 aliphatic carbocycles. The van der Waals surface area contributed by atoms with E-state index in [0.29, 0.717) is 5.75 Å². The second-order valence-corrected chi connectivity index (χ2v) is 6.58. The highest BCUT2D eigenvalue weighted by Crippen LogP contribution is 2.25. The lowest BCUT2D eigenvalue weighted by atomic mass is 10.1. The summed E-state index contributed by atoms with van der Waals surface area (Å²) in [6.07, 6.45) is 3.38. The molecule has 0 radical (unpaired) electrons. The maximum atomic E-state index is 12.2. The summed E-state index contributed by atoms with van der Waals surface area (Å²) in [5.74, 6) is 0.847. The van der Waals surface area contributed by atoms with Gasteiger partial charge in [0, 0.05) is 6.04 Å². The lowest BCUT2D eigenvalue weighted by Gasteiger charge is -2.16. The van der Waals surface area contributed by atoms with Gasteiger partial charge in [-0.15, -0.1) is 0 Å². The molecule has 2 N–H and O–H groups in total. The van der Waals surface area contributed by atoms with E-state index in [4.69, 9.17) is 9.47 Å². The molecule has 6 heteroatoms. The third kappa shape index (κ3) is 4.45. The van der Waals surface area contributed by atoms with E-state index in [-0.39, 0.29) is 6.04 Å². The van der Waals surface area contributed by atoms with Crippen LogP contribution in [0.15, 0.2) is 36.4 Å². The molecule has 0 spiro atoms. The summed E-state index contributed by atoms with van der Waals surface area (Å²) >= 11 is 0. The molecule has 3 amide bonds. The minimum absolute atomic E-state index is 0.162. The molecule has 26 heavy (non-hydrogen) atoms. The second-order valence-electron chi connectivity index (χ2n) is 6.58. The fourth-order valence-corrected chi connectivity index (χ4v) is 3.17. The SMILES string of the molecule is COc1ccc2ccc(O[C@H](C)C(=O)NC(=O)NC3CCCC3)cc2c1. The average Bonchev–Trinajstić information content (AvgIpc) is 3.13. The zero-order valence-corrected chi connectivity index (χ0v) is 15.1. The van der Waals surface area contributed by atoms with Crippen molar-refractivity contribution < 1.29 is 19.1 Å². The number of carbonyl (C=O) groups excluding carboxylic acids is 2. The molecule has 1 saturated carbocycles. The predicted molar refractivity (Wildman–Crippen MR) is 99.5 cm³/mol. The van der Waals surface area contributed by atoms with Gasteiger partial charge in [-0.1, -0.05) is 25.0 Å². The number of hydrogen-bond donors (Lipinski definition) is 2. The van der Waals surface area contributed by atoms with Gasteiger partial charge >= 0.3 is 6.03 Å². The van der Waals surface area contributed by atoms with Crippen molar-refractivity contribution >= 4 is 22.7 Å². The zero-order chi connectivity index (χ0) is 18.5. The summed E-state index contributed by atoms with van der Waals surface area (Å²) in [7, 11) is 1.62. The van der Waals surface area contributed by atoms with Gasteiger partial charge in [-0.05, 0) is 54.8 Å². The number of benzene rings is 2. The third-order valence-corrected chi connectivity index (χ3v) is 4.63. The number of rotatable bonds is 5. The topological polar surface area (TPSA) is 76.7 Å². The van der Waals surface area contributed by atoms with Crippen LogP contribution in [-0.4, -0.2) is 31.2 Å². The van der Waals surface area contributed by atoms with Gasteiger partial charge in [-0.2, -0.15) is 0 Å². The molecular weight excluding hydrogens is 332 g/mol. The lowest BCUT2D eigenvalue weighted by Crippen LogP contribution is -2.47. The first-order chi connectivity index (χ1) is 12.5. The van der Waals surface area contributed by atoms with E-state index in [1.807, 2.05) is 30.3 Å². The summed E-state index contributed by atoms with van der Waals surface area (Å²) in [5.41, 5.74) is 0. The van der Waals surface area contributed by atoms with E-state index in [1.165, 1.54) is 0 Å². The molecule has 1 aliphatic rings. The summed E-state index contributed by atoms with van der Waals surface area (Å²) < 4.78 is 10.9. The van der Waals surface area contributed by atoms with Gasteiger partial charge in [-0.25, -0.2) is 4.79 Å². The molecule has 6 nitrogen and oxygen atoms in total. The quantitative estimate of drug-likeness (QED) is 0.861. The van der Waals surface area contributed by atoms with Crippen LogP contribution in [0.1, 0.15) is 32.6 Å². The molecule has 1 atom stereocenters. The van der Waals surface area contributed by atoms with Gasteiger partial charge in [0.1, 0.15) is 11.5 Å². The predicted octanol–water partition coefficient (Wildman–Crippen LogP) is 3.38. The van der Waals surface area contributed by atoms with Gasteiger partial charge in [0.15, 0.2) is 6.10 Å². The second kappa shape index (κ2) is 8.08. The highest BCUT2D eigenvalue weighted by molar-refractivity contribution is 5.96. The lowest BCUT2D eigenvalue weighted by molar-refractivity contribution is -0.126. The van der Waals surface area contributed by atoms with Gasteiger partial charge in [0.25, 0.3) is 5.91 Å². The minimum atomic E-state index is -0.785. The van der Waals surface area contributed by atoms with Crippen LogP contribution in [0.2, 0.25) is 0 Å². The number of nitrogens with one attached hydrogen (secondary N) is 2. The number of methoxy groups -OCH3 is 1. The summed E-state index contributed by atoms with van der Waals surface area (Å²) in [5, 5.41) is 7.17. The third-order valence-electron chi connectivity index (χ3n) is 4.63. The highest BCUT2D eigenvalue weighted by atomic mass is 16.5. The fourth-order valence-electron chi connectivity index (χ4n) is 3.17. The molecule has 2 aromatic rings. The Bertz CT molecular complexity index is 799. The van der Waals surface area contributed by atoms with Crippen molar-refractivity contribution in [2.75, 3.05) is 7.11 Å². The van der Waals surface area contributed by atoms with Crippen molar-refractivity contribution in [3.05, 3.63) is 36.4 Å². The van der Waals surface area contributed by atoms with Gasteiger partial charge in [0.2, 0.25) is 0 Å². The Morgan fingerprint density at radius 1 is 1.04 bits per heavy atom. The molecule has 138 valence electrons. The standard InChI is InChI=1S/C20H24N2O4/c1-13(19(23)22-20(24)21-16-5-3-4-6-16)26-18-10-8-14-7-9-17(25-2)11-15(14)12-18/h7-13,16H,3-6H2,1-2H3,(H2,21,22,23,24)/t13-/m1/s1. The number of amides is 3. The molecule has 2 aromatic carbocycles. The highest BCUT2D eigenvalue weighted by Gasteiger charge is 2.21. The molecule has 0 unspecified atom stereocenters. The molecule has 1 fully saturated rings. The monoisotopic (exact) mass is 356 g/mol. The first kappa shape index (κ1) is 18.0. The van der Waals surface area contributed by atoms with Crippen LogP contribution >= 0.6 is 0 Å². The van der Waals surface area contributed by atoms with Gasteiger partial charge in [0.05, 0.1) is 7.11 Å². The largest absolute Gasteiger partial charge is 0.497 e. The number of fused-ring (bicyclic) bond motifs is 1. The molecule has 0 aromatic heterocycles. The maximum Gasteiger partial charge on any atom is 0.321 e. The van der Waals surface area contributed by atoms with Crippen molar-refractivity contribution in [2.45, 2.75) is 44.8 Å². The van der Waals surface area contributed by atoms with Crippen LogP contribution in [0, 0.1) is 0 Å². The Balaban J connectivity index is 1.59. The van der Waals surface area contributed by atoms with Crippen molar-refractivity contribution in [1.82, 2.24) is 10.6 Å². The minimum Gasteiger partial charge on any atom is -0.497 e.